The third kappa shape index (κ3) is 3.93. The second-order valence-electron chi connectivity index (χ2n) is 6.88. The standard InChI is InChI=1S/C16H33N3/c1-5-17-15-7-6-13(2)12-16(15)19-10-8-14(9-11-19)18(3)4/h13-17H,5-12H2,1-4H3. The zero-order chi connectivity index (χ0) is 13.8. The Hall–Kier alpha value is -0.120. The lowest BCUT2D eigenvalue weighted by Crippen LogP contribution is -2.56. The minimum absolute atomic E-state index is 0.733. The Balaban J connectivity index is 1.91. The smallest absolute Gasteiger partial charge is 0.0251 e. The molecule has 0 spiro atoms. The number of nitrogens with zero attached hydrogens (tertiary/aromatic N) is 2. The van der Waals surface area contributed by atoms with Crippen molar-refractivity contribution in [2.75, 3.05) is 33.7 Å². The number of rotatable bonds is 4. The lowest BCUT2D eigenvalue weighted by Gasteiger charge is -2.46. The quantitative estimate of drug-likeness (QED) is 0.842. The number of nitrogens with one attached hydrogen (secondary N) is 1. The Morgan fingerprint density at radius 3 is 2.37 bits per heavy atom. The van der Waals surface area contributed by atoms with Crippen LogP contribution in [0.2, 0.25) is 0 Å². The van der Waals surface area contributed by atoms with E-state index >= 15 is 0 Å². The number of hydrogen-bond acceptors (Lipinski definition) is 3. The predicted octanol–water partition coefficient (Wildman–Crippen LogP) is 2.18. The molecule has 2 aliphatic rings. The van der Waals surface area contributed by atoms with E-state index in [4.69, 9.17) is 0 Å². The molecular formula is C16H33N3. The van der Waals surface area contributed by atoms with Crippen LogP contribution < -0.4 is 5.32 Å². The second kappa shape index (κ2) is 7.05. The third-order valence-corrected chi connectivity index (χ3v) is 5.24. The lowest BCUT2D eigenvalue weighted by atomic mass is 9.81. The summed E-state index contributed by atoms with van der Waals surface area (Å²) in [5.41, 5.74) is 0. The Morgan fingerprint density at radius 2 is 1.79 bits per heavy atom. The zero-order valence-electron chi connectivity index (χ0n) is 13.4. The van der Waals surface area contributed by atoms with E-state index in [-0.39, 0.29) is 0 Å². The normalized spacial score (nSPS) is 34.9. The van der Waals surface area contributed by atoms with Crippen molar-refractivity contribution in [3.8, 4) is 0 Å². The molecule has 2 fully saturated rings. The van der Waals surface area contributed by atoms with Crippen LogP contribution >= 0.6 is 0 Å². The van der Waals surface area contributed by atoms with Gasteiger partial charge in [-0.05, 0) is 71.8 Å². The molecule has 0 aromatic carbocycles. The average Bonchev–Trinajstić information content (AvgIpc) is 2.41. The largest absolute Gasteiger partial charge is 0.313 e. The van der Waals surface area contributed by atoms with E-state index in [9.17, 15) is 0 Å². The highest BCUT2D eigenvalue weighted by atomic mass is 15.2. The first kappa shape index (κ1) is 15.3. The van der Waals surface area contributed by atoms with Crippen LogP contribution in [-0.2, 0) is 0 Å². The molecule has 1 aliphatic carbocycles. The second-order valence-corrected chi connectivity index (χ2v) is 6.88. The van der Waals surface area contributed by atoms with Gasteiger partial charge in [-0.1, -0.05) is 13.8 Å². The maximum absolute atomic E-state index is 3.73. The van der Waals surface area contributed by atoms with Crippen molar-refractivity contribution in [2.45, 2.75) is 64.1 Å². The first-order valence-corrected chi connectivity index (χ1v) is 8.25. The Bertz CT molecular complexity index is 259. The van der Waals surface area contributed by atoms with Gasteiger partial charge in [0.15, 0.2) is 0 Å². The van der Waals surface area contributed by atoms with Crippen LogP contribution in [-0.4, -0.2) is 61.7 Å². The maximum atomic E-state index is 3.73. The van der Waals surface area contributed by atoms with Gasteiger partial charge in [-0.3, -0.25) is 4.90 Å². The highest BCUT2D eigenvalue weighted by Gasteiger charge is 2.34. The molecule has 3 heteroatoms. The molecule has 0 aromatic heterocycles. The van der Waals surface area contributed by atoms with Crippen molar-refractivity contribution < 1.29 is 0 Å². The van der Waals surface area contributed by atoms with Crippen molar-refractivity contribution in [3.63, 3.8) is 0 Å². The first-order valence-electron chi connectivity index (χ1n) is 8.25. The third-order valence-electron chi connectivity index (χ3n) is 5.24. The van der Waals surface area contributed by atoms with Gasteiger partial charge in [0.05, 0.1) is 0 Å². The molecule has 19 heavy (non-hydrogen) atoms. The van der Waals surface area contributed by atoms with Gasteiger partial charge in [0.25, 0.3) is 0 Å². The van der Waals surface area contributed by atoms with Gasteiger partial charge >= 0.3 is 0 Å². The monoisotopic (exact) mass is 267 g/mol. The molecule has 3 unspecified atom stereocenters. The zero-order valence-corrected chi connectivity index (χ0v) is 13.4. The fourth-order valence-electron chi connectivity index (χ4n) is 3.99. The van der Waals surface area contributed by atoms with E-state index in [0.29, 0.717) is 0 Å². The fourth-order valence-corrected chi connectivity index (χ4v) is 3.99. The van der Waals surface area contributed by atoms with Crippen LogP contribution in [0.25, 0.3) is 0 Å². The first-order chi connectivity index (χ1) is 9.11. The Morgan fingerprint density at radius 1 is 1.11 bits per heavy atom. The summed E-state index contributed by atoms with van der Waals surface area (Å²) in [7, 11) is 4.45. The molecule has 112 valence electrons. The Kier molecular flexibility index (Phi) is 5.67. The molecule has 3 nitrogen and oxygen atoms in total. The van der Waals surface area contributed by atoms with Gasteiger partial charge in [0.2, 0.25) is 0 Å². The van der Waals surface area contributed by atoms with Gasteiger partial charge < -0.3 is 10.2 Å². The highest BCUT2D eigenvalue weighted by molar-refractivity contribution is 4.92. The van der Waals surface area contributed by atoms with Gasteiger partial charge in [0, 0.05) is 18.1 Å². The summed E-state index contributed by atoms with van der Waals surface area (Å²) in [4.78, 5) is 5.19. The molecule has 1 N–H and O–H groups in total. The van der Waals surface area contributed by atoms with E-state index in [1.807, 2.05) is 0 Å². The summed E-state index contributed by atoms with van der Waals surface area (Å²) in [6.45, 7) is 8.38. The summed E-state index contributed by atoms with van der Waals surface area (Å²) in [5.74, 6) is 0.909. The number of likely N-dealkylation sites (tertiary alicyclic amines) is 1. The number of piperidine rings is 1. The predicted molar refractivity (Wildman–Crippen MR) is 82.5 cm³/mol. The molecule has 1 saturated heterocycles. The molecular weight excluding hydrogens is 234 g/mol. The topological polar surface area (TPSA) is 18.5 Å². The van der Waals surface area contributed by atoms with Crippen molar-refractivity contribution in [1.29, 1.82) is 0 Å². The minimum atomic E-state index is 0.733. The summed E-state index contributed by atoms with van der Waals surface area (Å²) >= 11 is 0. The highest BCUT2D eigenvalue weighted by Crippen LogP contribution is 2.30. The Labute approximate surface area is 119 Å². The minimum Gasteiger partial charge on any atom is -0.313 e. The van der Waals surface area contributed by atoms with E-state index in [2.05, 4.69) is 43.1 Å². The van der Waals surface area contributed by atoms with E-state index in [0.717, 1.165) is 30.6 Å². The maximum Gasteiger partial charge on any atom is 0.0251 e. The van der Waals surface area contributed by atoms with Crippen molar-refractivity contribution >= 4 is 0 Å². The van der Waals surface area contributed by atoms with Crippen molar-refractivity contribution in [1.82, 2.24) is 15.1 Å². The molecule has 0 aromatic rings. The van der Waals surface area contributed by atoms with Crippen LogP contribution in [0.1, 0.15) is 46.0 Å². The summed E-state index contributed by atoms with van der Waals surface area (Å²) in [6, 6.07) is 2.32. The van der Waals surface area contributed by atoms with Crippen LogP contribution in [0, 0.1) is 5.92 Å². The van der Waals surface area contributed by atoms with E-state index in [1.54, 1.807) is 0 Å². The van der Waals surface area contributed by atoms with E-state index < -0.39 is 0 Å². The molecule has 0 amide bonds. The van der Waals surface area contributed by atoms with Gasteiger partial charge in [0.1, 0.15) is 0 Å². The van der Waals surface area contributed by atoms with Crippen LogP contribution in [0.15, 0.2) is 0 Å². The van der Waals surface area contributed by atoms with Gasteiger partial charge in [-0.15, -0.1) is 0 Å². The van der Waals surface area contributed by atoms with Crippen molar-refractivity contribution in [2.24, 2.45) is 5.92 Å². The molecule has 1 heterocycles. The average molecular weight is 267 g/mol. The van der Waals surface area contributed by atoms with Crippen LogP contribution in [0.5, 0.6) is 0 Å². The summed E-state index contributed by atoms with van der Waals surface area (Å²) < 4.78 is 0. The summed E-state index contributed by atoms with van der Waals surface area (Å²) in [6.07, 6.45) is 6.85. The molecule has 1 saturated carbocycles. The number of likely N-dealkylation sites (N-methyl/N-ethyl adjacent to an activating group) is 1. The van der Waals surface area contributed by atoms with Gasteiger partial charge in [-0.2, -0.15) is 0 Å². The summed E-state index contributed by atoms with van der Waals surface area (Å²) in [5, 5.41) is 3.73. The molecule has 1 aliphatic heterocycles. The van der Waals surface area contributed by atoms with Crippen molar-refractivity contribution in [3.05, 3.63) is 0 Å². The number of hydrogen-bond donors (Lipinski definition) is 1. The lowest BCUT2D eigenvalue weighted by molar-refractivity contribution is 0.0588. The van der Waals surface area contributed by atoms with Crippen LogP contribution in [0.3, 0.4) is 0 Å². The fraction of sp³-hybridized carbons (Fsp3) is 1.00. The molecule has 0 radical (unpaired) electrons. The molecule has 0 bridgehead atoms. The van der Waals surface area contributed by atoms with Crippen LogP contribution in [0.4, 0.5) is 0 Å². The SMILES string of the molecule is CCNC1CCC(C)CC1N1CCC(N(C)C)CC1. The molecule has 3 atom stereocenters. The van der Waals surface area contributed by atoms with E-state index in [1.165, 1.54) is 45.2 Å². The molecule has 2 rings (SSSR count). The van der Waals surface area contributed by atoms with Gasteiger partial charge in [-0.25, -0.2) is 0 Å².